The van der Waals surface area contributed by atoms with Gasteiger partial charge in [0, 0.05) is 36.7 Å². The van der Waals surface area contributed by atoms with Crippen LogP contribution in [0.4, 0.5) is 0 Å². The van der Waals surface area contributed by atoms with E-state index in [0.717, 1.165) is 11.0 Å². The van der Waals surface area contributed by atoms with Crippen molar-refractivity contribution in [2.24, 2.45) is 0 Å². The van der Waals surface area contributed by atoms with E-state index in [1.54, 1.807) is 0 Å². The number of hydrogen-bond acceptors (Lipinski definition) is 2. The van der Waals surface area contributed by atoms with Crippen molar-refractivity contribution >= 4 is 74.8 Å². The van der Waals surface area contributed by atoms with Crippen LogP contribution in [0.1, 0.15) is 0 Å². The monoisotopic (exact) mass is 526 g/mol. The van der Waals surface area contributed by atoms with Crippen LogP contribution in [0, 0.1) is 0 Å². The van der Waals surface area contributed by atoms with Gasteiger partial charge < -0.3 is 4.42 Å². The number of furan rings is 1. The topological polar surface area (TPSA) is 13.1 Å². The van der Waals surface area contributed by atoms with Gasteiger partial charge in [-0.2, -0.15) is 0 Å². The summed E-state index contributed by atoms with van der Waals surface area (Å²) in [5.74, 6) is 0. The molecule has 0 amide bonds. The van der Waals surface area contributed by atoms with Gasteiger partial charge in [0.1, 0.15) is 5.58 Å². The summed E-state index contributed by atoms with van der Waals surface area (Å²) in [6.45, 7) is 0. The molecule has 0 fully saturated rings. The number of rotatable bonds is 2. The second-order valence-electron chi connectivity index (χ2n) is 10.5. The predicted molar refractivity (Wildman–Crippen MR) is 172 cm³/mol. The lowest BCUT2D eigenvalue weighted by molar-refractivity contribution is 0.617. The maximum atomic E-state index is 6.28. The third-order valence-corrected chi connectivity index (χ3v) is 9.51. The molecule has 0 aliphatic carbocycles. The van der Waals surface area contributed by atoms with Crippen LogP contribution in [0.25, 0.3) is 85.7 Å². The Morgan fingerprint density at radius 2 is 1.05 bits per heavy atom. The average Bonchev–Trinajstić information content (AvgIpc) is 3.63. The van der Waals surface area contributed by atoms with E-state index in [1.165, 1.54) is 74.7 Å². The first-order valence-corrected chi connectivity index (χ1v) is 14.4. The van der Waals surface area contributed by atoms with Crippen molar-refractivity contribution < 1.29 is 4.42 Å². The number of hydrogen-bond donors (Lipinski definition) is 0. The molecule has 2 heterocycles. The van der Waals surface area contributed by atoms with E-state index in [4.69, 9.17) is 4.42 Å². The lowest BCUT2D eigenvalue weighted by Crippen LogP contribution is -1.91. The molecule has 2 heteroatoms. The molecule has 0 unspecified atom stereocenters. The summed E-state index contributed by atoms with van der Waals surface area (Å²) < 4.78 is 8.85. The van der Waals surface area contributed by atoms with Gasteiger partial charge in [-0.1, -0.05) is 103 Å². The molecule has 9 aromatic rings. The molecule has 0 radical (unpaired) electrons. The van der Waals surface area contributed by atoms with Crippen molar-refractivity contribution in [3.63, 3.8) is 0 Å². The Morgan fingerprint density at radius 3 is 1.80 bits per heavy atom. The van der Waals surface area contributed by atoms with Crippen molar-refractivity contribution in [2.75, 3.05) is 0 Å². The first-order valence-electron chi connectivity index (χ1n) is 13.6. The molecule has 9 rings (SSSR count). The summed E-state index contributed by atoms with van der Waals surface area (Å²) >= 11 is 1.86. The zero-order valence-corrected chi connectivity index (χ0v) is 22.3. The van der Waals surface area contributed by atoms with Crippen molar-refractivity contribution in [3.8, 4) is 22.3 Å². The fraction of sp³-hybridized carbons (Fsp3) is 0. The molecule has 7 aromatic carbocycles. The predicted octanol–water partition coefficient (Wildman–Crippen LogP) is 11.6. The summed E-state index contributed by atoms with van der Waals surface area (Å²) in [6, 6.07) is 46.3. The van der Waals surface area contributed by atoms with Crippen LogP contribution in [0.3, 0.4) is 0 Å². The summed E-state index contributed by atoms with van der Waals surface area (Å²) in [5.41, 5.74) is 5.90. The van der Waals surface area contributed by atoms with E-state index in [2.05, 4.69) is 127 Å². The number of thiophene rings is 1. The zero-order chi connectivity index (χ0) is 26.2. The summed E-state index contributed by atoms with van der Waals surface area (Å²) in [5, 5.41) is 11.2. The molecular formula is C38H22OS. The fourth-order valence-electron chi connectivity index (χ4n) is 6.57. The Kier molecular flexibility index (Phi) is 4.55. The summed E-state index contributed by atoms with van der Waals surface area (Å²) in [7, 11) is 0. The molecule has 40 heavy (non-hydrogen) atoms. The first-order chi connectivity index (χ1) is 19.8. The molecule has 186 valence electrons. The third-order valence-electron chi connectivity index (χ3n) is 8.30. The van der Waals surface area contributed by atoms with Gasteiger partial charge in [0.2, 0.25) is 0 Å². The minimum Gasteiger partial charge on any atom is -0.464 e. The van der Waals surface area contributed by atoms with E-state index >= 15 is 0 Å². The lowest BCUT2D eigenvalue weighted by Gasteiger charge is -2.18. The smallest absolute Gasteiger partial charge is 0.143 e. The molecule has 1 nitrogen and oxygen atoms in total. The third kappa shape index (κ3) is 3.03. The minimum absolute atomic E-state index is 0.952. The van der Waals surface area contributed by atoms with Gasteiger partial charge in [0.05, 0.1) is 6.26 Å². The molecule has 0 N–H and O–H groups in total. The van der Waals surface area contributed by atoms with Crippen LogP contribution in [0.2, 0.25) is 0 Å². The van der Waals surface area contributed by atoms with E-state index < -0.39 is 0 Å². The standard InChI is InChI=1S/C38H22OS/c1-2-10-24-21-25(18-17-23(24)9-1)34-28-12-3-5-14-30(28)35(31-15-6-4-13-29(31)34)36-37-26(19-20-39-37)22-32-27-11-7-8-16-33(27)40-38(32)36/h1-22H. The van der Waals surface area contributed by atoms with Gasteiger partial charge in [-0.25, -0.2) is 0 Å². The SMILES string of the molecule is c1ccc2cc(-c3c4ccccc4c(-c4c5occc5cc5c4sc4ccccc45)c4ccccc34)ccc2c1. The molecule has 0 aliphatic rings. The van der Waals surface area contributed by atoms with Gasteiger partial charge >= 0.3 is 0 Å². The van der Waals surface area contributed by atoms with Crippen molar-refractivity contribution in [3.05, 3.63) is 134 Å². The second-order valence-corrected chi connectivity index (χ2v) is 11.5. The highest BCUT2D eigenvalue weighted by molar-refractivity contribution is 7.26. The van der Waals surface area contributed by atoms with Crippen LogP contribution in [0.5, 0.6) is 0 Å². The van der Waals surface area contributed by atoms with Crippen LogP contribution in [0.15, 0.2) is 138 Å². The Hall–Kier alpha value is -4.92. The van der Waals surface area contributed by atoms with E-state index in [0.29, 0.717) is 0 Å². The highest BCUT2D eigenvalue weighted by Crippen LogP contribution is 2.50. The van der Waals surface area contributed by atoms with Crippen LogP contribution < -0.4 is 0 Å². The zero-order valence-electron chi connectivity index (χ0n) is 21.5. The number of fused-ring (bicyclic) bond motifs is 7. The van der Waals surface area contributed by atoms with Crippen LogP contribution in [-0.4, -0.2) is 0 Å². The quantitative estimate of drug-likeness (QED) is 0.204. The highest BCUT2D eigenvalue weighted by Gasteiger charge is 2.23. The van der Waals surface area contributed by atoms with E-state index in [9.17, 15) is 0 Å². The molecule has 0 atom stereocenters. The van der Waals surface area contributed by atoms with E-state index in [1.807, 2.05) is 17.6 Å². The average molecular weight is 527 g/mol. The molecule has 0 saturated carbocycles. The molecule has 0 spiro atoms. The van der Waals surface area contributed by atoms with Gasteiger partial charge in [0.25, 0.3) is 0 Å². The Morgan fingerprint density at radius 1 is 0.425 bits per heavy atom. The molecule has 0 saturated heterocycles. The Labute approximate surface area is 234 Å². The summed E-state index contributed by atoms with van der Waals surface area (Å²) in [6.07, 6.45) is 1.83. The van der Waals surface area contributed by atoms with Crippen LogP contribution >= 0.6 is 11.3 Å². The van der Waals surface area contributed by atoms with Crippen molar-refractivity contribution in [1.82, 2.24) is 0 Å². The van der Waals surface area contributed by atoms with Crippen molar-refractivity contribution in [1.29, 1.82) is 0 Å². The second kappa shape index (κ2) is 8.29. The van der Waals surface area contributed by atoms with Gasteiger partial charge in [-0.3, -0.25) is 0 Å². The van der Waals surface area contributed by atoms with Gasteiger partial charge in [-0.05, 0) is 67.7 Å². The maximum Gasteiger partial charge on any atom is 0.143 e. The first kappa shape index (κ1) is 22.0. The normalized spacial score (nSPS) is 12.0. The summed E-state index contributed by atoms with van der Waals surface area (Å²) in [4.78, 5) is 0. The van der Waals surface area contributed by atoms with Crippen LogP contribution in [-0.2, 0) is 0 Å². The van der Waals surface area contributed by atoms with E-state index in [-0.39, 0.29) is 0 Å². The van der Waals surface area contributed by atoms with Crippen molar-refractivity contribution in [2.45, 2.75) is 0 Å². The Bertz CT molecular complexity index is 2380. The fourth-order valence-corrected chi connectivity index (χ4v) is 7.80. The molecule has 0 bridgehead atoms. The largest absolute Gasteiger partial charge is 0.464 e. The molecule has 2 aromatic heterocycles. The van der Waals surface area contributed by atoms with Gasteiger partial charge in [-0.15, -0.1) is 11.3 Å². The molecular weight excluding hydrogens is 504 g/mol. The minimum atomic E-state index is 0.952. The Balaban J connectivity index is 1.49. The molecule has 0 aliphatic heterocycles. The van der Waals surface area contributed by atoms with Gasteiger partial charge in [0.15, 0.2) is 0 Å². The highest BCUT2D eigenvalue weighted by atomic mass is 32.1. The number of benzene rings is 7. The maximum absolute atomic E-state index is 6.28. The lowest BCUT2D eigenvalue weighted by atomic mass is 9.85.